The molecular weight excluding hydrogens is 236 g/mol. The maximum atomic E-state index is 11.8. The minimum atomic E-state index is -3.50. The molecule has 0 amide bonds. The molecule has 0 bridgehead atoms. The summed E-state index contributed by atoms with van der Waals surface area (Å²) < 4.78 is 26.3. The van der Waals surface area contributed by atoms with Gasteiger partial charge in [0.25, 0.3) is 10.0 Å². The van der Waals surface area contributed by atoms with E-state index < -0.39 is 10.0 Å². The lowest BCUT2D eigenvalue weighted by Crippen LogP contribution is -2.26. The summed E-state index contributed by atoms with van der Waals surface area (Å²) in [7, 11) is -3.50. The van der Waals surface area contributed by atoms with Crippen LogP contribution in [0.4, 0.5) is 0 Å². The third-order valence-electron chi connectivity index (χ3n) is 2.44. The van der Waals surface area contributed by atoms with Crippen LogP contribution in [-0.2, 0) is 10.0 Å². The molecule has 1 aromatic heterocycles. The second-order valence-electron chi connectivity index (χ2n) is 3.87. The van der Waals surface area contributed by atoms with Gasteiger partial charge in [-0.1, -0.05) is 18.3 Å². The van der Waals surface area contributed by atoms with Gasteiger partial charge in [0.2, 0.25) is 0 Å². The van der Waals surface area contributed by atoms with Crippen LogP contribution in [0.2, 0.25) is 0 Å². The lowest BCUT2D eigenvalue weighted by atomic mass is 10.5. The topological polar surface area (TPSA) is 79.0 Å². The molecule has 1 saturated carbocycles. The second-order valence-corrected chi connectivity index (χ2v) is 6.76. The van der Waals surface area contributed by atoms with Crippen molar-refractivity contribution in [1.82, 2.24) is 9.71 Å². The summed E-state index contributed by atoms with van der Waals surface area (Å²) in [6.07, 6.45) is 0.873. The Hall–Kier alpha value is -0.660. The molecule has 2 atom stereocenters. The number of aromatic amines is 1. The van der Waals surface area contributed by atoms with E-state index in [9.17, 15) is 13.2 Å². The first-order valence-electron chi connectivity index (χ1n) is 4.62. The molecule has 84 valence electrons. The van der Waals surface area contributed by atoms with Crippen molar-refractivity contribution < 1.29 is 8.42 Å². The van der Waals surface area contributed by atoms with E-state index in [1.807, 2.05) is 6.92 Å². The minimum absolute atomic E-state index is 0.0339. The molecule has 7 heteroatoms. The maximum absolute atomic E-state index is 11.8. The van der Waals surface area contributed by atoms with E-state index in [1.165, 1.54) is 0 Å². The Morgan fingerprint density at radius 1 is 1.53 bits per heavy atom. The molecule has 0 aliphatic heterocycles. The van der Waals surface area contributed by atoms with Crippen LogP contribution in [0.1, 0.15) is 19.0 Å². The summed E-state index contributed by atoms with van der Waals surface area (Å²) >= 11 is 0.731. The van der Waals surface area contributed by atoms with E-state index in [2.05, 4.69) is 9.71 Å². The second kappa shape index (κ2) is 3.43. The number of H-pyrrole nitrogens is 1. The van der Waals surface area contributed by atoms with Crippen molar-refractivity contribution in [3.63, 3.8) is 0 Å². The predicted octanol–water partition coefficient (Wildman–Crippen LogP) is 0.432. The molecule has 1 aliphatic carbocycles. The Labute approximate surface area is 91.6 Å². The molecule has 5 nitrogen and oxygen atoms in total. The number of nitrogens with one attached hydrogen (secondary N) is 2. The first-order chi connectivity index (χ1) is 6.90. The van der Waals surface area contributed by atoms with E-state index in [4.69, 9.17) is 0 Å². The summed E-state index contributed by atoms with van der Waals surface area (Å²) in [5.74, 6) is 0.399. The SMILES string of the molecule is Cc1[nH]c(=O)sc1S(=O)(=O)NC1CC1C. The lowest BCUT2D eigenvalue weighted by Gasteiger charge is -2.03. The number of rotatable bonds is 3. The number of aromatic nitrogens is 1. The summed E-state index contributed by atoms with van der Waals surface area (Å²) in [6.45, 7) is 3.57. The molecule has 2 rings (SSSR count). The van der Waals surface area contributed by atoms with Gasteiger partial charge in [-0.15, -0.1) is 0 Å². The van der Waals surface area contributed by atoms with Crippen LogP contribution in [0.15, 0.2) is 9.00 Å². The van der Waals surface area contributed by atoms with Crippen molar-refractivity contribution in [2.24, 2.45) is 5.92 Å². The fourth-order valence-corrected chi connectivity index (χ4v) is 4.06. The fraction of sp³-hybridized carbons (Fsp3) is 0.625. The summed E-state index contributed by atoms with van der Waals surface area (Å²) in [5.41, 5.74) is 0.408. The van der Waals surface area contributed by atoms with Crippen molar-refractivity contribution in [2.75, 3.05) is 0 Å². The van der Waals surface area contributed by atoms with Crippen LogP contribution in [0.5, 0.6) is 0 Å². The zero-order chi connectivity index (χ0) is 11.2. The largest absolute Gasteiger partial charge is 0.315 e. The van der Waals surface area contributed by atoms with Crippen molar-refractivity contribution in [3.8, 4) is 0 Å². The zero-order valence-electron chi connectivity index (χ0n) is 8.40. The van der Waals surface area contributed by atoms with Gasteiger partial charge in [-0.2, -0.15) is 0 Å². The minimum Gasteiger partial charge on any atom is -0.315 e. The monoisotopic (exact) mass is 248 g/mol. The van der Waals surface area contributed by atoms with Gasteiger partial charge in [0.15, 0.2) is 4.21 Å². The van der Waals surface area contributed by atoms with Crippen LogP contribution in [-0.4, -0.2) is 19.4 Å². The van der Waals surface area contributed by atoms with Crippen LogP contribution in [0.3, 0.4) is 0 Å². The van der Waals surface area contributed by atoms with E-state index in [0.717, 1.165) is 17.8 Å². The fourth-order valence-electron chi connectivity index (χ4n) is 1.39. The molecule has 0 saturated heterocycles. The highest BCUT2D eigenvalue weighted by Crippen LogP contribution is 2.31. The molecule has 1 fully saturated rings. The molecule has 1 aromatic rings. The lowest BCUT2D eigenvalue weighted by molar-refractivity contribution is 0.579. The number of thiazole rings is 1. The Morgan fingerprint density at radius 2 is 2.13 bits per heavy atom. The first kappa shape index (κ1) is 10.8. The molecule has 2 N–H and O–H groups in total. The number of hydrogen-bond acceptors (Lipinski definition) is 4. The highest BCUT2D eigenvalue weighted by Gasteiger charge is 2.37. The smallest absolute Gasteiger partial charge is 0.305 e. The van der Waals surface area contributed by atoms with E-state index in [1.54, 1.807) is 6.92 Å². The molecule has 2 unspecified atom stereocenters. The number of aryl methyl sites for hydroxylation is 1. The summed E-state index contributed by atoms with van der Waals surface area (Å²) in [5, 5.41) is 0. The molecule has 0 aromatic carbocycles. The summed E-state index contributed by atoms with van der Waals surface area (Å²) in [4.78, 5) is 13.1. The van der Waals surface area contributed by atoms with Crippen LogP contribution < -0.4 is 9.60 Å². The van der Waals surface area contributed by atoms with Gasteiger partial charge in [0.05, 0.1) is 0 Å². The number of sulfonamides is 1. The first-order valence-corrected chi connectivity index (χ1v) is 6.92. The van der Waals surface area contributed by atoms with Crippen molar-refractivity contribution in [2.45, 2.75) is 30.5 Å². The van der Waals surface area contributed by atoms with Gasteiger partial charge in [-0.3, -0.25) is 4.79 Å². The molecular formula is C8H12N2O3S2. The third-order valence-corrected chi connectivity index (χ3v) is 5.54. The van der Waals surface area contributed by atoms with Crippen LogP contribution in [0, 0.1) is 12.8 Å². The van der Waals surface area contributed by atoms with Crippen molar-refractivity contribution in [3.05, 3.63) is 15.4 Å². The highest BCUT2D eigenvalue weighted by molar-refractivity contribution is 7.91. The standard InChI is InChI=1S/C8H12N2O3S2/c1-4-3-6(4)10-15(12,13)7-5(2)9-8(11)14-7/h4,6,10H,3H2,1-2H3,(H,9,11). The average molecular weight is 248 g/mol. The molecule has 1 aliphatic rings. The average Bonchev–Trinajstić information content (AvgIpc) is 2.62. The summed E-state index contributed by atoms with van der Waals surface area (Å²) in [6, 6.07) is 0.0339. The Kier molecular flexibility index (Phi) is 2.48. The van der Waals surface area contributed by atoms with Gasteiger partial charge >= 0.3 is 4.87 Å². The molecule has 1 heterocycles. The Balaban J connectivity index is 2.29. The van der Waals surface area contributed by atoms with E-state index >= 15 is 0 Å². The molecule has 0 spiro atoms. The Bertz CT molecular complexity index is 528. The van der Waals surface area contributed by atoms with Crippen LogP contribution >= 0.6 is 11.3 Å². The van der Waals surface area contributed by atoms with Crippen LogP contribution in [0.25, 0.3) is 0 Å². The van der Waals surface area contributed by atoms with Gasteiger partial charge in [-0.05, 0) is 19.3 Å². The van der Waals surface area contributed by atoms with E-state index in [0.29, 0.717) is 11.6 Å². The van der Waals surface area contributed by atoms with Gasteiger partial charge < -0.3 is 4.98 Å². The quantitative estimate of drug-likeness (QED) is 0.814. The van der Waals surface area contributed by atoms with Gasteiger partial charge in [0.1, 0.15) is 0 Å². The van der Waals surface area contributed by atoms with Crippen molar-refractivity contribution >= 4 is 21.4 Å². The van der Waals surface area contributed by atoms with Gasteiger partial charge in [-0.25, -0.2) is 13.1 Å². The Morgan fingerprint density at radius 3 is 2.53 bits per heavy atom. The maximum Gasteiger partial charge on any atom is 0.305 e. The normalized spacial score (nSPS) is 25.5. The molecule has 15 heavy (non-hydrogen) atoms. The highest BCUT2D eigenvalue weighted by atomic mass is 32.2. The number of hydrogen-bond donors (Lipinski definition) is 2. The third kappa shape index (κ3) is 2.14. The zero-order valence-corrected chi connectivity index (χ0v) is 10.0. The van der Waals surface area contributed by atoms with Gasteiger partial charge in [0, 0.05) is 11.7 Å². The predicted molar refractivity (Wildman–Crippen MR) is 57.6 cm³/mol. The van der Waals surface area contributed by atoms with Crippen molar-refractivity contribution in [1.29, 1.82) is 0 Å². The van der Waals surface area contributed by atoms with E-state index in [-0.39, 0.29) is 15.1 Å². The molecule has 0 radical (unpaired) electrons.